The molecule has 0 spiro atoms. The minimum Gasteiger partial charge on any atom is -0.497 e. The van der Waals surface area contributed by atoms with Crippen molar-refractivity contribution in [2.24, 2.45) is 0 Å². The second-order valence-electron chi connectivity index (χ2n) is 4.34. The van der Waals surface area contributed by atoms with Crippen molar-refractivity contribution in [3.8, 4) is 5.75 Å². The summed E-state index contributed by atoms with van der Waals surface area (Å²) >= 11 is 0. The third-order valence-electron chi connectivity index (χ3n) is 2.89. The van der Waals surface area contributed by atoms with E-state index in [1.807, 2.05) is 54.6 Å². The summed E-state index contributed by atoms with van der Waals surface area (Å²) in [6, 6.07) is 16.9. The normalized spacial score (nSPS) is 10.9. The van der Waals surface area contributed by atoms with Crippen molar-refractivity contribution in [3.63, 3.8) is 0 Å². The molecule has 0 saturated heterocycles. The maximum absolute atomic E-state index is 12.0. The van der Waals surface area contributed by atoms with Gasteiger partial charge in [-0.3, -0.25) is 14.9 Å². The summed E-state index contributed by atoms with van der Waals surface area (Å²) < 4.78 is 5.11. The van der Waals surface area contributed by atoms with Crippen molar-refractivity contribution in [2.75, 3.05) is 7.11 Å². The zero-order chi connectivity index (χ0) is 16.5. The van der Waals surface area contributed by atoms with E-state index in [1.165, 1.54) is 21.6 Å². The van der Waals surface area contributed by atoms with Gasteiger partial charge in [-0.1, -0.05) is 51.9 Å². The highest BCUT2D eigenvalue weighted by atomic mass is 33.1. The molecular weight excluding hydrogens is 330 g/mol. The summed E-state index contributed by atoms with van der Waals surface area (Å²) in [5.41, 5.74) is 1.21. The molecule has 2 rings (SSSR count). The summed E-state index contributed by atoms with van der Waals surface area (Å²) in [6.07, 6.45) is 0.389. The Bertz CT molecular complexity index is 685. The number of carbonyl (C=O) groups excluding carboxylic acids is 2. The van der Waals surface area contributed by atoms with Crippen molar-refractivity contribution >= 4 is 39.5 Å². The van der Waals surface area contributed by atoms with Crippen molar-refractivity contribution in [3.05, 3.63) is 65.6 Å². The van der Waals surface area contributed by atoms with Crippen LogP contribution in [0.4, 0.5) is 0 Å². The van der Waals surface area contributed by atoms with Gasteiger partial charge in [0.15, 0.2) is 0 Å². The van der Waals surface area contributed by atoms with Gasteiger partial charge in [-0.2, -0.15) is 0 Å². The molecule has 0 atom stereocenters. The van der Waals surface area contributed by atoms with E-state index in [4.69, 9.17) is 4.74 Å². The predicted molar refractivity (Wildman–Crippen MR) is 95.1 cm³/mol. The van der Waals surface area contributed by atoms with Crippen molar-refractivity contribution in [1.82, 2.24) is 5.32 Å². The van der Waals surface area contributed by atoms with E-state index in [9.17, 15) is 9.59 Å². The Balaban J connectivity index is 2.10. The van der Waals surface area contributed by atoms with E-state index < -0.39 is 5.91 Å². The van der Waals surface area contributed by atoms with E-state index in [1.54, 1.807) is 12.5 Å². The molecule has 0 bridgehead atoms. The lowest BCUT2D eigenvalue weighted by atomic mass is 10.1. The fourth-order valence-electron chi connectivity index (χ4n) is 1.76. The van der Waals surface area contributed by atoms with Gasteiger partial charge in [0.05, 0.1) is 12.7 Å². The van der Waals surface area contributed by atoms with Crippen LogP contribution in [0.3, 0.4) is 0 Å². The van der Waals surface area contributed by atoms with Crippen LogP contribution in [0.1, 0.15) is 5.56 Å². The molecule has 0 aliphatic carbocycles. The molecule has 0 aliphatic heterocycles. The number of hydrogen-bond donors (Lipinski definition) is 1. The number of methoxy groups -OCH3 is 1. The number of benzene rings is 2. The SMILES string of the molecule is COc1ccc(SS/C=C(\C(=O)NC=O)c2ccccc2)cc1. The Morgan fingerprint density at radius 2 is 1.78 bits per heavy atom. The van der Waals surface area contributed by atoms with Gasteiger partial charge < -0.3 is 4.74 Å². The van der Waals surface area contributed by atoms with E-state index in [0.717, 1.165) is 16.2 Å². The third kappa shape index (κ3) is 5.19. The van der Waals surface area contributed by atoms with Gasteiger partial charge in [0, 0.05) is 4.90 Å². The Hall–Kier alpha value is -2.18. The lowest BCUT2D eigenvalue weighted by Crippen LogP contribution is -2.22. The number of nitrogens with one attached hydrogen (secondary N) is 1. The summed E-state index contributed by atoms with van der Waals surface area (Å²) in [6.45, 7) is 0. The van der Waals surface area contributed by atoms with Crippen LogP contribution in [-0.2, 0) is 9.59 Å². The van der Waals surface area contributed by atoms with E-state index >= 15 is 0 Å². The molecule has 23 heavy (non-hydrogen) atoms. The molecule has 1 N–H and O–H groups in total. The third-order valence-corrected chi connectivity index (χ3v) is 4.94. The maximum Gasteiger partial charge on any atom is 0.258 e. The first-order valence-corrected chi connectivity index (χ1v) is 8.93. The number of rotatable bonds is 7. The molecule has 2 aromatic carbocycles. The van der Waals surface area contributed by atoms with Crippen LogP contribution in [0.15, 0.2) is 64.9 Å². The zero-order valence-electron chi connectivity index (χ0n) is 12.4. The quantitative estimate of drug-likeness (QED) is 0.470. The fourth-order valence-corrected chi connectivity index (χ4v) is 3.61. The number of amides is 2. The first kappa shape index (κ1) is 17.2. The highest BCUT2D eigenvalue weighted by Crippen LogP contribution is 2.35. The van der Waals surface area contributed by atoms with Crippen molar-refractivity contribution in [2.45, 2.75) is 4.90 Å². The summed E-state index contributed by atoms with van der Waals surface area (Å²) in [5.74, 6) is 0.374. The highest BCUT2D eigenvalue weighted by Gasteiger charge is 2.11. The summed E-state index contributed by atoms with van der Waals surface area (Å²) in [4.78, 5) is 23.6. The van der Waals surface area contributed by atoms with Crippen LogP contribution >= 0.6 is 21.6 Å². The lowest BCUT2D eigenvalue weighted by molar-refractivity contribution is -0.121. The molecule has 6 heteroatoms. The minimum absolute atomic E-state index is 0.389. The van der Waals surface area contributed by atoms with Gasteiger partial charge in [0.1, 0.15) is 5.75 Å². The molecule has 2 amide bonds. The van der Waals surface area contributed by atoms with E-state index in [0.29, 0.717) is 12.0 Å². The molecule has 0 aliphatic rings. The monoisotopic (exact) mass is 345 g/mol. The van der Waals surface area contributed by atoms with Gasteiger partial charge in [-0.25, -0.2) is 0 Å². The first-order valence-electron chi connectivity index (χ1n) is 6.72. The Kier molecular flexibility index (Phi) is 6.77. The average Bonchev–Trinajstić information content (AvgIpc) is 2.60. The second-order valence-corrected chi connectivity index (χ2v) is 6.49. The predicted octanol–water partition coefficient (Wildman–Crippen LogP) is 3.75. The molecule has 0 unspecified atom stereocenters. The number of hydrogen-bond acceptors (Lipinski definition) is 5. The smallest absolute Gasteiger partial charge is 0.258 e. The molecule has 0 heterocycles. The lowest BCUT2D eigenvalue weighted by Gasteiger charge is -2.06. The molecule has 0 fully saturated rings. The molecule has 118 valence electrons. The van der Waals surface area contributed by atoms with Gasteiger partial charge in [-0.05, 0) is 35.2 Å². The van der Waals surface area contributed by atoms with E-state index in [2.05, 4.69) is 5.32 Å². The van der Waals surface area contributed by atoms with Gasteiger partial charge >= 0.3 is 0 Å². The Morgan fingerprint density at radius 3 is 2.39 bits per heavy atom. The number of carbonyl (C=O) groups is 2. The molecular formula is C17H15NO3S2. The van der Waals surface area contributed by atoms with Gasteiger partial charge in [0.2, 0.25) is 6.41 Å². The van der Waals surface area contributed by atoms with Crippen molar-refractivity contribution in [1.29, 1.82) is 0 Å². The molecule has 4 nitrogen and oxygen atoms in total. The first-order chi connectivity index (χ1) is 11.2. The topological polar surface area (TPSA) is 55.4 Å². The van der Waals surface area contributed by atoms with Crippen LogP contribution in [0, 0.1) is 0 Å². The Morgan fingerprint density at radius 1 is 1.09 bits per heavy atom. The highest BCUT2D eigenvalue weighted by molar-refractivity contribution is 8.77. The summed E-state index contributed by atoms with van der Waals surface area (Å²) in [7, 11) is 4.55. The van der Waals surface area contributed by atoms with E-state index in [-0.39, 0.29) is 0 Å². The van der Waals surface area contributed by atoms with Crippen LogP contribution in [0.25, 0.3) is 5.57 Å². The van der Waals surface area contributed by atoms with Crippen LogP contribution in [0.2, 0.25) is 0 Å². The average molecular weight is 345 g/mol. The molecule has 0 radical (unpaired) electrons. The fraction of sp³-hybridized carbons (Fsp3) is 0.0588. The molecule has 2 aromatic rings. The largest absolute Gasteiger partial charge is 0.497 e. The van der Waals surface area contributed by atoms with Gasteiger partial charge in [-0.15, -0.1) is 0 Å². The van der Waals surface area contributed by atoms with Crippen molar-refractivity contribution < 1.29 is 14.3 Å². The standard InChI is InChI=1S/C17H15NO3S2/c1-21-14-7-9-15(10-8-14)23-22-11-16(17(20)18-12-19)13-5-3-2-4-6-13/h2-12H,1H3,(H,18,19,20)/b16-11-. The second kappa shape index (κ2) is 9.07. The Labute approximate surface area is 142 Å². The zero-order valence-corrected chi connectivity index (χ0v) is 14.0. The van der Waals surface area contributed by atoms with Crippen LogP contribution < -0.4 is 10.1 Å². The number of ether oxygens (including phenoxy) is 1. The summed E-state index contributed by atoms with van der Waals surface area (Å²) in [5, 5.41) is 3.92. The molecule has 0 aromatic heterocycles. The minimum atomic E-state index is -0.422. The molecule has 0 saturated carbocycles. The van der Waals surface area contributed by atoms with Crippen LogP contribution in [0.5, 0.6) is 5.75 Å². The number of imide groups is 1. The van der Waals surface area contributed by atoms with Gasteiger partial charge in [0.25, 0.3) is 5.91 Å². The maximum atomic E-state index is 12.0. The van der Waals surface area contributed by atoms with Crippen LogP contribution in [-0.4, -0.2) is 19.4 Å².